The summed E-state index contributed by atoms with van der Waals surface area (Å²) in [5.41, 5.74) is 0. The lowest BCUT2D eigenvalue weighted by Gasteiger charge is -2.21. The Morgan fingerprint density at radius 2 is 2.32 bits per heavy atom. The first-order valence-corrected chi connectivity index (χ1v) is 7.12. The van der Waals surface area contributed by atoms with E-state index in [2.05, 4.69) is 9.72 Å². The van der Waals surface area contributed by atoms with Gasteiger partial charge in [0.2, 0.25) is 5.03 Å². The van der Waals surface area contributed by atoms with Crippen LogP contribution in [0.4, 0.5) is 4.39 Å². The second-order valence-corrected chi connectivity index (χ2v) is 5.89. The molecule has 0 aromatic carbocycles. The van der Waals surface area contributed by atoms with Gasteiger partial charge in [-0.25, -0.2) is 17.8 Å². The minimum absolute atomic E-state index is 0.151. The summed E-state index contributed by atoms with van der Waals surface area (Å²) < 4.78 is 43.7. The van der Waals surface area contributed by atoms with Crippen LogP contribution in [0.15, 0.2) is 23.4 Å². The Morgan fingerprint density at radius 3 is 2.95 bits per heavy atom. The number of esters is 1. The van der Waals surface area contributed by atoms with E-state index in [4.69, 9.17) is 0 Å². The molecule has 0 amide bonds. The maximum absolute atomic E-state index is 13.6. The zero-order chi connectivity index (χ0) is 14.0. The van der Waals surface area contributed by atoms with Crippen molar-refractivity contribution in [2.45, 2.75) is 23.9 Å². The fourth-order valence-corrected chi connectivity index (χ4v) is 3.70. The number of pyridine rings is 1. The molecule has 0 saturated carbocycles. The summed E-state index contributed by atoms with van der Waals surface area (Å²) in [4.78, 5) is 15.1. The Kier molecular flexibility index (Phi) is 3.81. The van der Waals surface area contributed by atoms with Gasteiger partial charge in [0.15, 0.2) is 5.82 Å². The fraction of sp³-hybridized carbons (Fsp3) is 0.455. The Labute approximate surface area is 110 Å². The molecular formula is C11H13FN2O4S. The summed E-state index contributed by atoms with van der Waals surface area (Å²) in [5, 5.41) is -0.661. The van der Waals surface area contributed by atoms with Crippen molar-refractivity contribution in [2.24, 2.45) is 0 Å². The van der Waals surface area contributed by atoms with Crippen LogP contribution < -0.4 is 0 Å². The van der Waals surface area contributed by atoms with Crippen molar-refractivity contribution < 1.29 is 22.3 Å². The van der Waals surface area contributed by atoms with Crippen molar-refractivity contribution in [3.05, 3.63) is 24.1 Å². The smallest absolute Gasteiger partial charge is 0.324 e. The third-order valence-electron chi connectivity index (χ3n) is 2.95. The van der Waals surface area contributed by atoms with E-state index in [1.807, 2.05) is 0 Å². The molecular weight excluding hydrogens is 275 g/mol. The number of halogens is 1. The van der Waals surface area contributed by atoms with Gasteiger partial charge in [-0.3, -0.25) is 4.79 Å². The lowest BCUT2D eigenvalue weighted by molar-refractivity contribution is -0.144. The highest BCUT2D eigenvalue weighted by molar-refractivity contribution is 7.89. The van der Waals surface area contributed by atoms with Gasteiger partial charge in [0.25, 0.3) is 10.0 Å². The first-order chi connectivity index (χ1) is 8.98. The highest BCUT2D eigenvalue weighted by Gasteiger charge is 2.41. The molecule has 2 rings (SSSR count). The van der Waals surface area contributed by atoms with Gasteiger partial charge in [-0.1, -0.05) is 0 Å². The van der Waals surface area contributed by atoms with Crippen LogP contribution >= 0.6 is 0 Å². The zero-order valence-corrected chi connectivity index (χ0v) is 11.1. The minimum Gasteiger partial charge on any atom is -0.468 e. The summed E-state index contributed by atoms with van der Waals surface area (Å²) in [6.45, 7) is 0.151. The van der Waals surface area contributed by atoms with E-state index < -0.39 is 32.9 Å². The Morgan fingerprint density at radius 1 is 1.58 bits per heavy atom. The molecule has 0 radical (unpaired) electrons. The maximum Gasteiger partial charge on any atom is 0.324 e. The van der Waals surface area contributed by atoms with Crippen LogP contribution in [-0.4, -0.2) is 43.4 Å². The molecule has 0 aliphatic carbocycles. The summed E-state index contributed by atoms with van der Waals surface area (Å²) in [6.07, 6.45) is 2.08. The van der Waals surface area contributed by atoms with Crippen molar-refractivity contribution in [1.82, 2.24) is 9.29 Å². The molecule has 1 fully saturated rings. The van der Waals surface area contributed by atoms with Gasteiger partial charge in [0.1, 0.15) is 6.04 Å². The van der Waals surface area contributed by atoms with Crippen LogP contribution in [-0.2, 0) is 19.6 Å². The van der Waals surface area contributed by atoms with E-state index in [1.165, 1.54) is 19.4 Å². The molecule has 6 nitrogen and oxygen atoms in total. The number of carbonyl (C=O) groups is 1. The molecule has 104 valence electrons. The van der Waals surface area contributed by atoms with Gasteiger partial charge in [-0.15, -0.1) is 0 Å². The molecule has 8 heteroatoms. The molecule has 0 bridgehead atoms. The molecule has 1 aromatic rings. The van der Waals surface area contributed by atoms with Gasteiger partial charge >= 0.3 is 5.97 Å². The Hall–Kier alpha value is -1.54. The van der Waals surface area contributed by atoms with Crippen LogP contribution in [0.25, 0.3) is 0 Å². The van der Waals surface area contributed by atoms with Crippen molar-refractivity contribution in [1.29, 1.82) is 0 Å². The van der Waals surface area contributed by atoms with E-state index >= 15 is 0 Å². The van der Waals surface area contributed by atoms with Crippen molar-refractivity contribution in [2.75, 3.05) is 13.7 Å². The summed E-state index contributed by atoms with van der Waals surface area (Å²) in [5.74, 6) is -1.57. The molecule has 1 aliphatic rings. The highest BCUT2D eigenvalue weighted by atomic mass is 32.2. The number of carbonyl (C=O) groups excluding carboxylic acids is 1. The van der Waals surface area contributed by atoms with E-state index in [1.54, 1.807) is 0 Å². The SMILES string of the molecule is COC(=O)C1CCCN1S(=O)(=O)c1ncccc1F. The van der Waals surface area contributed by atoms with Crippen molar-refractivity contribution in [3.8, 4) is 0 Å². The number of aromatic nitrogens is 1. The Balaban J connectivity index is 2.40. The normalized spacial score (nSPS) is 20.4. The maximum atomic E-state index is 13.6. The first kappa shape index (κ1) is 13.9. The van der Waals surface area contributed by atoms with E-state index in [9.17, 15) is 17.6 Å². The molecule has 19 heavy (non-hydrogen) atoms. The minimum atomic E-state index is -4.13. The largest absolute Gasteiger partial charge is 0.468 e. The predicted octanol–water partition coefficient (Wildman–Crippen LogP) is 0.547. The second-order valence-electron chi connectivity index (χ2n) is 4.09. The number of sulfonamides is 1. The second kappa shape index (κ2) is 5.22. The van der Waals surface area contributed by atoms with Gasteiger partial charge in [-0.2, -0.15) is 4.31 Å². The average molecular weight is 288 g/mol. The van der Waals surface area contributed by atoms with E-state index in [0.717, 1.165) is 10.4 Å². The first-order valence-electron chi connectivity index (χ1n) is 5.68. The lowest BCUT2D eigenvalue weighted by atomic mass is 10.2. The number of nitrogens with zero attached hydrogens (tertiary/aromatic N) is 2. The number of ether oxygens (including phenoxy) is 1. The van der Waals surface area contributed by atoms with Crippen LogP contribution in [0, 0.1) is 5.82 Å². The van der Waals surface area contributed by atoms with Crippen LogP contribution in [0.2, 0.25) is 0 Å². The molecule has 1 saturated heterocycles. The Bertz CT molecular complexity index is 590. The average Bonchev–Trinajstić information content (AvgIpc) is 2.88. The fourth-order valence-electron chi connectivity index (χ4n) is 2.07. The van der Waals surface area contributed by atoms with E-state index in [-0.39, 0.29) is 6.54 Å². The summed E-state index contributed by atoms with van der Waals surface area (Å²) in [6, 6.07) is 1.41. The molecule has 0 spiro atoms. The summed E-state index contributed by atoms with van der Waals surface area (Å²) >= 11 is 0. The van der Waals surface area contributed by atoms with Crippen LogP contribution in [0.3, 0.4) is 0 Å². The molecule has 1 atom stereocenters. The van der Waals surface area contributed by atoms with Gasteiger partial charge < -0.3 is 4.74 Å². The third kappa shape index (κ3) is 2.45. The number of hydrogen-bond donors (Lipinski definition) is 0. The monoisotopic (exact) mass is 288 g/mol. The number of hydrogen-bond acceptors (Lipinski definition) is 5. The van der Waals surface area contributed by atoms with E-state index in [0.29, 0.717) is 12.8 Å². The van der Waals surface area contributed by atoms with Crippen molar-refractivity contribution >= 4 is 16.0 Å². The van der Waals surface area contributed by atoms with Gasteiger partial charge in [0.05, 0.1) is 7.11 Å². The molecule has 2 heterocycles. The quantitative estimate of drug-likeness (QED) is 0.759. The number of rotatable bonds is 3. The molecule has 0 N–H and O–H groups in total. The van der Waals surface area contributed by atoms with Gasteiger partial charge in [0, 0.05) is 12.7 Å². The molecule has 1 aromatic heterocycles. The summed E-state index contributed by atoms with van der Waals surface area (Å²) in [7, 11) is -2.94. The van der Waals surface area contributed by atoms with Crippen LogP contribution in [0.1, 0.15) is 12.8 Å². The molecule has 1 aliphatic heterocycles. The number of methoxy groups -OCH3 is 1. The van der Waals surface area contributed by atoms with Crippen molar-refractivity contribution in [3.63, 3.8) is 0 Å². The standard InChI is InChI=1S/C11H13FN2O4S/c1-18-11(15)9-5-3-7-14(9)19(16,17)10-8(12)4-2-6-13-10/h2,4,6,9H,3,5,7H2,1H3. The topological polar surface area (TPSA) is 76.6 Å². The molecule has 1 unspecified atom stereocenters. The zero-order valence-electron chi connectivity index (χ0n) is 10.2. The third-order valence-corrected chi connectivity index (χ3v) is 4.80. The predicted molar refractivity (Wildman–Crippen MR) is 63.1 cm³/mol. The highest BCUT2D eigenvalue weighted by Crippen LogP contribution is 2.26. The van der Waals surface area contributed by atoms with Crippen LogP contribution in [0.5, 0.6) is 0 Å². The van der Waals surface area contributed by atoms with Gasteiger partial charge in [-0.05, 0) is 25.0 Å². The lowest BCUT2D eigenvalue weighted by Crippen LogP contribution is -2.41.